The van der Waals surface area contributed by atoms with Crippen molar-refractivity contribution in [3.05, 3.63) is 34.9 Å². The van der Waals surface area contributed by atoms with Crippen molar-refractivity contribution in [3.63, 3.8) is 0 Å². The Bertz CT molecular complexity index is 539. The van der Waals surface area contributed by atoms with Crippen LogP contribution in [0.3, 0.4) is 0 Å². The van der Waals surface area contributed by atoms with Crippen molar-refractivity contribution < 1.29 is 19.2 Å². The summed E-state index contributed by atoms with van der Waals surface area (Å²) in [6, 6.07) is 7.43. The van der Waals surface area contributed by atoms with Crippen LogP contribution in [0.15, 0.2) is 24.3 Å². The fourth-order valence-corrected chi connectivity index (χ4v) is 3.09. The second-order valence-corrected chi connectivity index (χ2v) is 6.50. The number of hydrogen-bond acceptors (Lipinski definition) is 3. The van der Waals surface area contributed by atoms with Crippen molar-refractivity contribution in [3.8, 4) is 0 Å². The van der Waals surface area contributed by atoms with Gasteiger partial charge in [0.25, 0.3) is 5.91 Å². The van der Waals surface area contributed by atoms with Crippen LogP contribution in [0.25, 0.3) is 0 Å². The maximum absolute atomic E-state index is 12.2. The van der Waals surface area contributed by atoms with E-state index in [4.69, 9.17) is 16.3 Å². The third kappa shape index (κ3) is 5.22. The molecule has 1 aromatic carbocycles. The van der Waals surface area contributed by atoms with E-state index < -0.39 is 0 Å². The quantitative estimate of drug-likeness (QED) is 0.786. The zero-order valence-corrected chi connectivity index (χ0v) is 14.4. The topological polar surface area (TPSA) is 59.8 Å². The SMILES string of the molecule is COC(=O)C1CC[NH+](CC(=O)N[C@@H](C)c2ccc(Cl)cc2)CC1. The molecule has 1 aromatic rings. The number of amides is 1. The van der Waals surface area contributed by atoms with E-state index in [2.05, 4.69) is 5.32 Å². The van der Waals surface area contributed by atoms with E-state index in [9.17, 15) is 9.59 Å². The van der Waals surface area contributed by atoms with Crippen molar-refractivity contribution in [2.75, 3.05) is 26.7 Å². The average molecular weight is 340 g/mol. The van der Waals surface area contributed by atoms with Crippen LogP contribution >= 0.6 is 11.6 Å². The molecule has 1 heterocycles. The maximum atomic E-state index is 12.2. The zero-order chi connectivity index (χ0) is 16.8. The van der Waals surface area contributed by atoms with E-state index in [1.165, 1.54) is 12.0 Å². The minimum absolute atomic E-state index is 0.0141. The van der Waals surface area contributed by atoms with E-state index in [1.54, 1.807) is 0 Å². The van der Waals surface area contributed by atoms with Crippen LogP contribution in [0.1, 0.15) is 31.4 Å². The summed E-state index contributed by atoms with van der Waals surface area (Å²) in [5.74, 6) is -0.122. The molecule has 1 atom stereocenters. The molecule has 0 aliphatic carbocycles. The van der Waals surface area contributed by atoms with Crippen molar-refractivity contribution >= 4 is 23.5 Å². The van der Waals surface area contributed by atoms with Crippen molar-refractivity contribution in [1.82, 2.24) is 5.32 Å². The van der Waals surface area contributed by atoms with E-state index in [0.29, 0.717) is 11.6 Å². The largest absolute Gasteiger partial charge is 0.469 e. The highest BCUT2D eigenvalue weighted by Crippen LogP contribution is 2.15. The van der Waals surface area contributed by atoms with Crippen LogP contribution in [0, 0.1) is 5.92 Å². The van der Waals surface area contributed by atoms with Crippen LogP contribution in [-0.4, -0.2) is 38.6 Å². The molecule has 1 aliphatic rings. The molecule has 0 spiro atoms. The molecular formula is C17H24ClN2O3+. The van der Waals surface area contributed by atoms with Gasteiger partial charge in [0.1, 0.15) is 0 Å². The molecule has 1 aliphatic heterocycles. The lowest BCUT2D eigenvalue weighted by atomic mass is 9.97. The van der Waals surface area contributed by atoms with Crippen LogP contribution in [0.4, 0.5) is 0 Å². The number of hydrogen-bond donors (Lipinski definition) is 2. The molecule has 2 rings (SSSR count). The Labute approximate surface area is 141 Å². The van der Waals surface area contributed by atoms with Crippen LogP contribution in [-0.2, 0) is 14.3 Å². The van der Waals surface area contributed by atoms with Crippen molar-refractivity contribution in [2.45, 2.75) is 25.8 Å². The molecule has 5 nitrogen and oxygen atoms in total. The van der Waals surface area contributed by atoms with Gasteiger partial charge in [0, 0.05) is 17.9 Å². The Morgan fingerprint density at radius 2 is 1.91 bits per heavy atom. The monoisotopic (exact) mass is 339 g/mol. The van der Waals surface area contributed by atoms with Crippen molar-refractivity contribution in [2.24, 2.45) is 5.92 Å². The van der Waals surface area contributed by atoms with E-state index >= 15 is 0 Å². The highest BCUT2D eigenvalue weighted by atomic mass is 35.5. The first kappa shape index (κ1) is 17.8. The number of likely N-dealkylation sites (tertiary alicyclic amines) is 1. The Balaban J connectivity index is 1.77. The number of esters is 1. The molecule has 2 N–H and O–H groups in total. The molecule has 1 fully saturated rings. The van der Waals surface area contributed by atoms with Gasteiger partial charge in [-0.05, 0) is 24.6 Å². The fraction of sp³-hybridized carbons (Fsp3) is 0.529. The van der Waals surface area contributed by atoms with Gasteiger partial charge in [0.2, 0.25) is 0 Å². The summed E-state index contributed by atoms with van der Waals surface area (Å²) in [6.45, 7) is 4.04. The first-order chi connectivity index (χ1) is 11.0. The summed E-state index contributed by atoms with van der Waals surface area (Å²) in [6.07, 6.45) is 1.56. The second kappa shape index (κ2) is 8.31. The summed E-state index contributed by atoms with van der Waals surface area (Å²) in [5, 5.41) is 3.70. The average Bonchev–Trinajstić information content (AvgIpc) is 2.55. The van der Waals surface area contributed by atoms with Gasteiger partial charge in [0.05, 0.1) is 32.2 Å². The third-order valence-electron chi connectivity index (χ3n) is 4.39. The minimum Gasteiger partial charge on any atom is -0.469 e. The molecule has 0 radical (unpaired) electrons. The smallest absolute Gasteiger partial charge is 0.309 e. The summed E-state index contributed by atoms with van der Waals surface area (Å²) in [4.78, 5) is 24.9. The lowest BCUT2D eigenvalue weighted by molar-refractivity contribution is -0.897. The number of piperidine rings is 1. The summed E-state index contributed by atoms with van der Waals surface area (Å²) in [5.41, 5.74) is 1.03. The van der Waals surface area contributed by atoms with Gasteiger partial charge < -0.3 is 15.0 Å². The second-order valence-electron chi connectivity index (χ2n) is 6.06. The van der Waals surface area contributed by atoms with Gasteiger partial charge in [-0.15, -0.1) is 0 Å². The molecule has 1 amide bonds. The van der Waals surface area contributed by atoms with Gasteiger partial charge in [-0.1, -0.05) is 23.7 Å². The maximum Gasteiger partial charge on any atom is 0.309 e. The number of methoxy groups -OCH3 is 1. The predicted molar refractivity (Wildman–Crippen MR) is 88.3 cm³/mol. The number of carbonyl (C=O) groups is 2. The third-order valence-corrected chi connectivity index (χ3v) is 4.64. The number of halogens is 1. The number of benzene rings is 1. The summed E-state index contributed by atoms with van der Waals surface area (Å²) in [7, 11) is 1.42. The van der Waals surface area contributed by atoms with Gasteiger partial charge in [-0.2, -0.15) is 0 Å². The Hall–Kier alpha value is -1.59. The van der Waals surface area contributed by atoms with E-state index in [1.807, 2.05) is 31.2 Å². The van der Waals surface area contributed by atoms with Crippen LogP contribution in [0.5, 0.6) is 0 Å². The van der Waals surface area contributed by atoms with Gasteiger partial charge in [0.15, 0.2) is 6.54 Å². The Morgan fingerprint density at radius 1 is 1.30 bits per heavy atom. The molecule has 1 saturated heterocycles. The Morgan fingerprint density at radius 3 is 2.48 bits per heavy atom. The number of carbonyl (C=O) groups excluding carboxylic acids is 2. The minimum atomic E-state index is -0.134. The zero-order valence-electron chi connectivity index (χ0n) is 13.6. The molecule has 0 aromatic heterocycles. The molecular weight excluding hydrogens is 316 g/mol. The number of nitrogens with one attached hydrogen (secondary N) is 2. The highest BCUT2D eigenvalue weighted by Gasteiger charge is 2.29. The lowest BCUT2D eigenvalue weighted by Crippen LogP contribution is -3.14. The summed E-state index contributed by atoms with van der Waals surface area (Å²) < 4.78 is 4.78. The van der Waals surface area contributed by atoms with Gasteiger partial charge in [-0.25, -0.2) is 0 Å². The lowest BCUT2D eigenvalue weighted by Gasteiger charge is -2.27. The first-order valence-corrected chi connectivity index (χ1v) is 8.33. The fourth-order valence-electron chi connectivity index (χ4n) is 2.96. The first-order valence-electron chi connectivity index (χ1n) is 7.96. The Kier molecular flexibility index (Phi) is 6.42. The van der Waals surface area contributed by atoms with Crippen LogP contribution in [0.2, 0.25) is 5.02 Å². The molecule has 0 bridgehead atoms. The molecule has 0 unspecified atom stereocenters. The molecule has 23 heavy (non-hydrogen) atoms. The number of quaternary nitrogens is 1. The van der Waals surface area contributed by atoms with E-state index in [0.717, 1.165) is 31.5 Å². The normalized spacial score (nSPS) is 22.2. The van der Waals surface area contributed by atoms with E-state index in [-0.39, 0.29) is 23.8 Å². The van der Waals surface area contributed by atoms with Crippen LogP contribution < -0.4 is 10.2 Å². The standard InChI is InChI=1S/C17H23ClN2O3/c1-12(13-3-5-15(18)6-4-13)19-16(21)11-20-9-7-14(8-10-20)17(22)23-2/h3-6,12,14H,7-11H2,1-2H3,(H,19,21)/p+1/t12-/m0/s1. The van der Waals surface area contributed by atoms with Gasteiger partial charge >= 0.3 is 5.97 Å². The van der Waals surface area contributed by atoms with Gasteiger partial charge in [-0.3, -0.25) is 9.59 Å². The van der Waals surface area contributed by atoms with Crippen molar-refractivity contribution in [1.29, 1.82) is 0 Å². The molecule has 6 heteroatoms. The molecule has 126 valence electrons. The highest BCUT2D eigenvalue weighted by molar-refractivity contribution is 6.30. The molecule has 0 saturated carbocycles. The summed E-state index contributed by atoms with van der Waals surface area (Å²) >= 11 is 5.87. The number of rotatable bonds is 5. The number of ether oxygens (including phenoxy) is 1. The predicted octanol–water partition coefficient (Wildman–Crippen LogP) is 0.985.